The number of hydrogen-bond donors (Lipinski definition) is 0. The summed E-state index contributed by atoms with van der Waals surface area (Å²) in [5.74, 6) is 0.140. The second-order valence-electron chi connectivity index (χ2n) is 4.62. The van der Waals surface area contributed by atoms with E-state index in [9.17, 15) is 4.79 Å². The van der Waals surface area contributed by atoms with E-state index in [1.54, 1.807) is 6.92 Å². The highest BCUT2D eigenvalue weighted by atomic mass is 79.9. The molecule has 0 bridgehead atoms. The predicted octanol–water partition coefficient (Wildman–Crippen LogP) is 2.38. The summed E-state index contributed by atoms with van der Waals surface area (Å²) in [5, 5.41) is 8.88. The van der Waals surface area contributed by atoms with E-state index >= 15 is 0 Å². The van der Waals surface area contributed by atoms with Crippen molar-refractivity contribution in [2.45, 2.75) is 13.3 Å². The van der Waals surface area contributed by atoms with Gasteiger partial charge in [-0.3, -0.25) is 4.79 Å². The molecule has 4 nitrogen and oxygen atoms in total. The van der Waals surface area contributed by atoms with Crippen molar-refractivity contribution in [1.29, 1.82) is 5.26 Å². The first-order chi connectivity index (χ1) is 9.11. The number of benzene rings is 1. The Bertz CT molecular complexity index is 524. The Labute approximate surface area is 121 Å². The molecule has 0 N–H and O–H groups in total. The zero-order valence-corrected chi connectivity index (χ0v) is 12.5. The lowest BCUT2D eigenvalue weighted by Crippen LogP contribution is -2.33. The van der Waals surface area contributed by atoms with Gasteiger partial charge in [0.2, 0.25) is 5.91 Å². The second-order valence-corrected chi connectivity index (χ2v) is 5.48. The van der Waals surface area contributed by atoms with Gasteiger partial charge in [-0.25, -0.2) is 0 Å². The summed E-state index contributed by atoms with van der Waals surface area (Å²) in [4.78, 5) is 15.6. The molecule has 1 fully saturated rings. The van der Waals surface area contributed by atoms with E-state index in [0.717, 1.165) is 42.8 Å². The topological polar surface area (TPSA) is 47.3 Å². The summed E-state index contributed by atoms with van der Waals surface area (Å²) < 4.78 is 0.933. The molecule has 0 aliphatic carbocycles. The van der Waals surface area contributed by atoms with Gasteiger partial charge < -0.3 is 9.80 Å². The third kappa shape index (κ3) is 3.27. The van der Waals surface area contributed by atoms with Gasteiger partial charge in [-0.2, -0.15) is 5.26 Å². The van der Waals surface area contributed by atoms with Crippen molar-refractivity contribution in [3.05, 3.63) is 28.2 Å². The highest BCUT2D eigenvalue weighted by Crippen LogP contribution is 2.28. The lowest BCUT2D eigenvalue weighted by molar-refractivity contribution is -0.128. The lowest BCUT2D eigenvalue weighted by atomic mass is 10.2. The van der Waals surface area contributed by atoms with E-state index < -0.39 is 0 Å². The molecular weight excluding hydrogens is 306 g/mol. The standard InChI is InChI=1S/C14H16BrN3O/c1-11(19)17-5-2-6-18(8-7-17)14-4-3-12(10-16)9-13(14)15/h3-4,9H,2,5-8H2,1H3. The first-order valence-electron chi connectivity index (χ1n) is 6.32. The number of rotatable bonds is 1. The minimum Gasteiger partial charge on any atom is -0.369 e. The third-order valence-corrected chi connectivity index (χ3v) is 3.99. The summed E-state index contributed by atoms with van der Waals surface area (Å²) in [6, 6.07) is 7.76. The Balaban J connectivity index is 2.14. The maximum absolute atomic E-state index is 11.4. The predicted molar refractivity (Wildman–Crippen MR) is 77.9 cm³/mol. The van der Waals surface area contributed by atoms with E-state index in [1.807, 2.05) is 23.1 Å². The van der Waals surface area contributed by atoms with Crippen molar-refractivity contribution in [3.63, 3.8) is 0 Å². The SMILES string of the molecule is CC(=O)N1CCCN(c2ccc(C#N)cc2Br)CC1. The molecule has 0 aromatic heterocycles. The highest BCUT2D eigenvalue weighted by Gasteiger charge is 2.18. The summed E-state index contributed by atoms with van der Waals surface area (Å²) in [6.45, 7) is 4.94. The van der Waals surface area contributed by atoms with Crippen LogP contribution in [0.1, 0.15) is 18.9 Å². The maximum Gasteiger partial charge on any atom is 0.219 e. The van der Waals surface area contributed by atoms with E-state index in [0.29, 0.717) is 5.56 Å². The largest absolute Gasteiger partial charge is 0.369 e. The molecule has 1 amide bonds. The molecule has 1 aromatic carbocycles. The van der Waals surface area contributed by atoms with E-state index in [4.69, 9.17) is 5.26 Å². The normalized spacial score (nSPS) is 15.8. The summed E-state index contributed by atoms with van der Waals surface area (Å²) in [7, 11) is 0. The molecule has 1 aliphatic rings. The summed E-state index contributed by atoms with van der Waals surface area (Å²) >= 11 is 3.52. The number of carbonyl (C=O) groups excluding carboxylic acids is 1. The summed E-state index contributed by atoms with van der Waals surface area (Å²) in [5.41, 5.74) is 1.74. The van der Waals surface area contributed by atoms with Gasteiger partial charge in [-0.15, -0.1) is 0 Å². The van der Waals surface area contributed by atoms with Crippen LogP contribution in [0.15, 0.2) is 22.7 Å². The Morgan fingerprint density at radius 2 is 2.11 bits per heavy atom. The maximum atomic E-state index is 11.4. The molecule has 1 aliphatic heterocycles. The van der Waals surface area contributed by atoms with Crippen molar-refractivity contribution < 1.29 is 4.79 Å². The molecule has 100 valence electrons. The molecular formula is C14H16BrN3O. The van der Waals surface area contributed by atoms with Crippen molar-refractivity contribution in [2.75, 3.05) is 31.1 Å². The fourth-order valence-corrected chi connectivity index (χ4v) is 2.94. The minimum absolute atomic E-state index is 0.140. The van der Waals surface area contributed by atoms with Crippen LogP contribution >= 0.6 is 15.9 Å². The number of halogens is 1. The Morgan fingerprint density at radius 3 is 2.74 bits per heavy atom. The van der Waals surface area contributed by atoms with Crippen molar-refractivity contribution >= 4 is 27.5 Å². The molecule has 19 heavy (non-hydrogen) atoms. The quantitative estimate of drug-likeness (QED) is 0.797. The van der Waals surface area contributed by atoms with Gasteiger partial charge in [0, 0.05) is 37.6 Å². The van der Waals surface area contributed by atoms with E-state index in [-0.39, 0.29) is 5.91 Å². The van der Waals surface area contributed by atoms with Crippen LogP contribution in [0.25, 0.3) is 0 Å². The summed E-state index contributed by atoms with van der Waals surface area (Å²) in [6.07, 6.45) is 0.964. The molecule has 0 atom stereocenters. The van der Waals surface area contributed by atoms with Gasteiger partial charge in [0.05, 0.1) is 17.3 Å². The van der Waals surface area contributed by atoms with Gasteiger partial charge in [-0.05, 0) is 40.5 Å². The van der Waals surface area contributed by atoms with Crippen LogP contribution in [-0.4, -0.2) is 37.0 Å². The molecule has 2 rings (SSSR count). The van der Waals surface area contributed by atoms with Gasteiger partial charge >= 0.3 is 0 Å². The van der Waals surface area contributed by atoms with Gasteiger partial charge in [0.25, 0.3) is 0 Å². The number of nitriles is 1. The van der Waals surface area contributed by atoms with Crippen LogP contribution < -0.4 is 4.90 Å². The first kappa shape index (κ1) is 13.9. The molecule has 1 saturated heterocycles. The number of amides is 1. The van der Waals surface area contributed by atoms with E-state index in [2.05, 4.69) is 26.9 Å². The van der Waals surface area contributed by atoms with Crippen LogP contribution in [0.2, 0.25) is 0 Å². The van der Waals surface area contributed by atoms with Crippen molar-refractivity contribution in [2.24, 2.45) is 0 Å². The van der Waals surface area contributed by atoms with Gasteiger partial charge in [0.15, 0.2) is 0 Å². The molecule has 0 radical (unpaired) electrons. The zero-order valence-electron chi connectivity index (χ0n) is 10.9. The molecule has 0 spiro atoms. The van der Waals surface area contributed by atoms with Crippen molar-refractivity contribution in [1.82, 2.24) is 4.90 Å². The average molecular weight is 322 g/mol. The van der Waals surface area contributed by atoms with Crippen LogP contribution in [0.3, 0.4) is 0 Å². The monoisotopic (exact) mass is 321 g/mol. The van der Waals surface area contributed by atoms with Crippen LogP contribution in [0.5, 0.6) is 0 Å². The van der Waals surface area contributed by atoms with Crippen molar-refractivity contribution in [3.8, 4) is 6.07 Å². The zero-order chi connectivity index (χ0) is 13.8. The molecule has 0 unspecified atom stereocenters. The Kier molecular flexibility index (Phi) is 4.43. The first-order valence-corrected chi connectivity index (χ1v) is 7.11. The molecule has 1 heterocycles. The number of anilines is 1. The number of carbonyl (C=O) groups is 1. The van der Waals surface area contributed by atoms with Crippen LogP contribution in [0, 0.1) is 11.3 Å². The lowest BCUT2D eigenvalue weighted by Gasteiger charge is -2.24. The van der Waals surface area contributed by atoms with Crippen LogP contribution in [-0.2, 0) is 4.79 Å². The third-order valence-electron chi connectivity index (χ3n) is 3.36. The highest BCUT2D eigenvalue weighted by molar-refractivity contribution is 9.10. The molecule has 5 heteroatoms. The Morgan fingerprint density at radius 1 is 1.32 bits per heavy atom. The smallest absolute Gasteiger partial charge is 0.219 e. The molecule has 0 saturated carbocycles. The van der Waals surface area contributed by atoms with Crippen LogP contribution in [0.4, 0.5) is 5.69 Å². The average Bonchev–Trinajstić information content (AvgIpc) is 2.64. The Hall–Kier alpha value is -1.54. The number of nitrogens with zero attached hydrogens (tertiary/aromatic N) is 3. The minimum atomic E-state index is 0.140. The van der Waals surface area contributed by atoms with Gasteiger partial charge in [0.1, 0.15) is 0 Å². The fourth-order valence-electron chi connectivity index (χ4n) is 2.31. The van der Waals surface area contributed by atoms with E-state index in [1.165, 1.54) is 0 Å². The fraction of sp³-hybridized carbons (Fsp3) is 0.429. The van der Waals surface area contributed by atoms with Gasteiger partial charge in [-0.1, -0.05) is 0 Å². The molecule has 1 aromatic rings. The second kappa shape index (κ2) is 6.07. The number of hydrogen-bond acceptors (Lipinski definition) is 3.